The number of fused-ring (bicyclic) bond motifs is 1. The highest BCUT2D eigenvalue weighted by atomic mass is 35.7. The Bertz CT molecular complexity index is 602. The quantitative estimate of drug-likeness (QED) is 0.402. The summed E-state index contributed by atoms with van der Waals surface area (Å²) in [7, 11) is 1.92. The van der Waals surface area contributed by atoms with Crippen LogP contribution in [0.5, 0.6) is 0 Å². The molecule has 0 spiro atoms. The summed E-state index contributed by atoms with van der Waals surface area (Å²) < 4.78 is 30.6. The fraction of sp³-hybridized carbons (Fsp3) is 0.333. The molecule has 0 heterocycles. The minimum Gasteiger partial charge on any atom is -0.458 e. The van der Waals surface area contributed by atoms with Crippen molar-refractivity contribution in [1.29, 1.82) is 0 Å². The fourth-order valence-electron chi connectivity index (χ4n) is 2.29. The van der Waals surface area contributed by atoms with E-state index in [4.69, 9.17) is 15.4 Å². The van der Waals surface area contributed by atoms with E-state index >= 15 is 0 Å². The first-order chi connectivity index (χ1) is 8.85. The summed E-state index contributed by atoms with van der Waals surface area (Å²) in [6.07, 6.45) is 0.319. The van der Waals surface area contributed by atoms with Crippen LogP contribution >= 0.6 is 10.7 Å². The molecule has 1 aliphatic rings. The standard InChI is InChI=1S/C12H12ClFO4S/c1-7(16)18-11-3-2-9-10(11)4-8(14)5-12(9)19(13,17)6-15/h4-6,11,19H,2-3H2,1H3. The van der Waals surface area contributed by atoms with Gasteiger partial charge in [0.15, 0.2) is 5.62 Å². The van der Waals surface area contributed by atoms with Gasteiger partial charge in [-0.05, 0) is 46.8 Å². The van der Waals surface area contributed by atoms with Crippen molar-refractivity contribution in [3.8, 4) is 0 Å². The number of benzene rings is 1. The molecule has 0 bridgehead atoms. The molecule has 1 unspecified atom stereocenters. The van der Waals surface area contributed by atoms with Crippen molar-refractivity contribution in [3.05, 3.63) is 29.1 Å². The molecular weight excluding hydrogens is 295 g/mol. The SMILES string of the molecule is CC(=O)OC1CCc2c1cc(F)cc2[SH](=O)(Cl)C=O. The van der Waals surface area contributed by atoms with Gasteiger partial charge in [0.25, 0.3) is 0 Å². The third-order valence-corrected chi connectivity index (χ3v) is 5.11. The number of carbonyl (C=O) groups excluding carboxylic acids is 2. The van der Waals surface area contributed by atoms with Crippen LogP contribution in [0, 0.1) is 5.82 Å². The highest BCUT2D eigenvalue weighted by molar-refractivity contribution is 8.33. The van der Waals surface area contributed by atoms with E-state index in [1.807, 2.05) is 0 Å². The Morgan fingerprint density at radius 1 is 1.58 bits per heavy atom. The first-order valence-electron chi connectivity index (χ1n) is 5.61. The molecule has 7 heteroatoms. The van der Waals surface area contributed by atoms with E-state index in [9.17, 15) is 18.2 Å². The van der Waals surface area contributed by atoms with Crippen LogP contribution in [0.15, 0.2) is 17.0 Å². The number of rotatable bonds is 3. The maximum atomic E-state index is 13.6. The molecule has 1 atom stereocenters. The van der Waals surface area contributed by atoms with E-state index in [-0.39, 0.29) is 10.5 Å². The van der Waals surface area contributed by atoms with Gasteiger partial charge in [0.05, 0.1) is 0 Å². The molecule has 1 aromatic rings. The van der Waals surface area contributed by atoms with Crippen LogP contribution in [0.25, 0.3) is 0 Å². The van der Waals surface area contributed by atoms with Gasteiger partial charge in [-0.25, -0.2) is 4.39 Å². The van der Waals surface area contributed by atoms with Crippen molar-refractivity contribution in [2.75, 3.05) is 0 Å². The molecule has 0 amide bonds. The predicted molar refractivity (Wildman–Crippen MR) is 69.6 cm³/mol. The lowest BCUT2D eigenvalue weighted by molar-refractivity contribution is -0.146. The van der Waals surface area contributed by atoms with Crippen LogP contribution in [0.3, 0.4) is 0 Å². The second kappa shape index (κ2) is 5.02. The van der Waals surface area contributed by atoms with Crippen molar-refractivity contribution < 1.29 is 22.9 Å². The summed E-state index contributed by atoms with van der Waals surface area (Å²) in [5.74, 6) is -1.14. The smallest absolute Gasteiger partial charge is 0.303 e. The van der Waals surface area contributed by atoms with Crippen LogP contribution < -0.4 is 0 Å². The van der Waals surface area contributed by atoms with E-state index in [1.165, 1.54) is 13.0 Å². The van der Waals surface area contributed by atoms with Crippen LogP contribution in [0.2, 0.25) is 0 Å². The van der Waals surface area contributed by atoms with Gasteiger partial charge in [-0.15, -0.1) is 0 Å². The van der Waals surface area contributed by atoms with Gasteiger partial charge >= 0.3 is 5.97 Å². The molecule has 0 saturated carbocycles. The van der Waals surface area contributed by atoms with Gasteiger partial charge in [0.1, 0.15) is 11.9 Å². The Morgan fingerprint density at radius 2 is 2.26 bits per heavy atom. The van der Waals surface area contributed by atoms with E-state index in [2.05, 4.69) is 0 Å². The Labute approximate surface area is 114 Å². The zero-order chi connectivity index (χ0) is 14.2. The number of halogens is 2. The number of hydrogen-bond donors (Lipinski definition) is 1. The largest absolute Gasteiger partial charge is 0.458 e. The number of esters is 1. The van der Waals surface area contributed by atoms with E-state index in [0.717, 1.165) is 6.07 Å². The molecule has 2 rings (SSSR count). The van der Waals surface area contributed by atoms with Crippen molar-refractivity contribution in [2.24, 2.45) is 0 Å². The molecule has 0 radical (unpaired) electrons. The van der Waals surface area contributed by atoms with Gasteiger partial charge in [-0.2, -0.15) is 0 Å². The topological polar surface area (TPSA) is 60.4 Å². The number of hydrogen-bond acceptors (Lipinski definition) is 4. The molecule has 0 fully saturated rings. The van der Waals surface area contributed by atoms with Crippen LogP contribution in [0.4, 0.5) is 4.39 Å². The molecule has 0 aromatic heterocycles. The zero-order valence-corrected chi connectivity index (χ0v) is 11.7. The zero-order valence-electron chi connectivity index (χ0n) is 10.1. The molecule has 0 N–H and O–H groups in total. The summed E-state index contributed by atoms with van der Waals surface area (Å²) in [6, 6.07) is 2.23. The summed E-state index contributed by atoms with van der Waals surface area (Å²) in [6.45, 7) is 1.26. The summed E-state index contributed by atoms with van der Waals surface area (Å²) in [4.78, 5) is 21.8. The first kappa shape index (κ1) is 14.1. The lowest BCUT2D eigenvalue weighted by atomic mass is 10.1. The highest BCUT2D eigenvalue weighted by Gasteiger charge is 2.31. The van der Waals surface area contributed by atoms with Crippen LogP contribution in [0.1, 0.15) is 30.6 Å². The minimum atomic E-state index is -3.74. The third-order valence-electron chi connectivity index (χ3n) is 3.00. The second-order valence-electron chi connectivity index (χ2n) is 4.31. The second-order valence-corrected chi connectivity index (χ2v) is 7.66. The fourth-order valence-corrected chi connectivity index (χ4v) is 3.76. The average molecular weight is 307 g/mol. The molecule has 4 nitrogen and oxygen atoms in total. The Morgan fingerprint density at radius 3 is 2.84 bits per heavy atom. The molecule has 104 valence electrons. The number of ether oxygens (including phenoxy) is 1. The Kier molecular flexibility index (Phi) is 3.73. The normalized spacial score (nSPS) is 18.8. The third kappa shape index (κ3) is 2.69. The van der Waals surface area contributed by atoms with Crippen molar-refractivity contribution in [1.82, 2.24) is 0 Å². The van der Waals surface area contributed by atoms with E-state index in [1.54, 1.807) is 0 Å². The Balaban J connectivity index is 2.54. The lowest BCUT2D eigenvalue weighted by Gasteiger charge is -2.16. The van der Waals surface area contributed by atoms with E-state index in [0.29, 0.717) is 24.0 Å². The predicted octanol–water partition coefficient (Wildman–Crippen LogP) is 2.10. The van der Waals surface area contributed by atoms with Gasteiger partial charge in [0.2, 0.25) is 0 Å². The summed E-state index contributed by atoms with van der Waals surface area (Å²) in [5.41, 5.74) is 1.12. The van der Waals surface area contributed by atoms with E-state index < -0.39 is 27.0 Å². The van der Waals surface area contributed by atoms with Gasteiger partial charge in [0, 0.05) is 21.0 Å². The van der Waals surface area contributed by atoms with Gasteiger partial charge in [-0.1, -0.05) is 0 Å². The maximum absolute atomic E-state index is 13.6. The summed E-state index contributed by atoms with van der Waals surface area (Å²) >= 11 is 0. The average Bonchev–Trinajstić information content (AvgIpc) is 2.70. The molecule has 1 aliphatic carbocycles. The maximum Gasteiger partial charge on any atom is 0.303 e. The monoisotopic (exact) mass is 306 g/mol. The van der Waals surface area contributed by atoms with Gasteiger partial charge in [-0.3, -0.25) is 13.8 Å². The highest BCUT2D eigenvalue weighted by Crippen LogP contribution is 2.40. The molecule has 19 heavy (non-hydrogen) atoms. The van der Waals surface area contributed by atoms with Crippen LogP contribution in [-0.2, 0) is 29.9 Å². The minimum absolute atomic E-state index is 0.00817. The van der Waals surface area contributed by atoms with Crippen molar-refractivity contribution >= 4 is 31.4 Å². The molecular formula is C12H12ClFO4S. The molecule has 0 aliphatic heterocycles. The van der Waals surface area contributed by atoms with Gasteiger partial charge < -0.3 is 4.74 Å². The Hall–Kier alpha value is -1.27. The van der Waals surface area contributed by atoms with Crippen molar-refractivity contribution in [2.45, 2.75) is 30.8 Å². The summed E-state index contributed by atoms with van der Waals surface area (Å²) in [5, 5.41) is 0. The van der Waals surface area contributed by atoms with Crippen LogP contribution in [-0.4, -0.2) is 15.8 Å². The number of thiol groups is 1. The molecule has 1 aromatic carbocycles. The number of carbonyl (C=O) groups is 2. The molecule has 0 saturated heterocycles. The van der Waals surface area contributed by atoms with Crippen molar-refractivity contribution in [3.63, 3.8) is 0 Å². The first-order valence-corrected chi connectivity index (χ1v) is 8.29. The lowest BCUT2D eigenvalue weighted by Crippen LogP contribution is -2.10.